The minimum atomic E-state index is -4.64. The summed E-state index contributed by atoms with van der Waals surface area (Å²) in [7, 11) is -4.64. The minimum absolute atomic E-state index is 0. The SMILES string of the molecule is O=P(O)(O)O.[H-].[Na+].[O]=[V]. The van der Waals surface area contributed by atoms with E-state index in [9.17, 15) is 0 Å². The van der Waals surface area contributed by atoms with Crippen LogP contribution in [0.25, 0.3) is 0 Å². The Morgan fingerprint density at radius 1 is 1.25 bits per heavy atom. The van der Waals surface area contributed by atoms with E-state index in [1.54, 1.807) is 0 Å². The fourth-order valence-electron chi connectivity index (χ4n) is 0. The molecular weight excluding hydrogens is 185 g/mol. The van der Waals surface area contributed by atoms with Crippen LogP contribution < -0.4 is 29.6 Å². The molecule has 8 heavy (non-hydrogen) atoms. The van der Waals surface area contributed by atoms with Crippen LogP contribution >= 0.6 is 7.82 Å². The maximum absolute atomic E-state index is 8.88. The summed E-state index contributed by atoms with van der Waals surface area (Å²) < 4.78 is 17.1. The first kappa shape index (κ1) is 16.2. The van der Waals surface area contributed by atoms with Gasteiger partial charge in [0.05, 0.1) is 0 Å². The van der Waals surface area contributed by atoms with Crippen LogP contribution in [0.1, 0.15) is 1.43 Å². The van der Waals surface area contributed by atoms with Crippen molar-refractivity contribution in [3.63, 3.8) is 0 Å². The van der Waals surface area contributed by atoms with Gasteiger partial charge in [-0.2, -0.15) is 0 Å². The molecule has 0 aromatic rings. The van der Waals surface area contributed by atoms with Crippen molar-refractivity contribution in [2.45, 2.75) is 0 Å². The average Bonchev–Trinajstić information content (AvgIpc) is 1.36. The Kier molecular flexibility index (Phi) is 17.2. The first-order chi connectivity index (χ1) is 3.00. The molecule has 0 fully saturated rings. The molecule has 8 heteroatoms. The van der Waals surface area contributed by atoms with Crippen LogP contribution in [0.4, 0.5) is 0 Å². The van der Waals surface area contributed by atoms with Crippen LogP contribution in [0.2, 0.25) is 0 Å². The zero-order valence-electron chi connectivity index (χ0n) is 5.05. The van der Waals surface area contributed by atoms with Crippen molar-refractivity contribution < 1.29 is 71.3 Å². The molecule has 0 saturated heterocycles. The quantitative estimate of drug-likeness (QED) is 0.267. The molecule has 0 heterocycles. The van der Waals surface area contributed by atoms with Crippen LogP contribution in [0, 0.1) is 0 Å². The van der Waals surface area contributed by atoms with Gasteiger partial charge in [-0.05, 0) is 0 Å². The molecule has 0 aromatic carbocycles. The van der Waals surface area contributed by atoms with Crippen LogP contribution in [-0.2, 0) is 25.6 Å². The van der Waals surface area contributed by atoms with Gasteiger partial charge in [-0.15, -0.1) is 0 Å². The molecule has 45 valence electrons. The predicted octanol–water partition coefficient (Wildman–Crippen LogP) is -3.93. The molecule has 0 saturated carbocycles. The van der Waals surface area contributed by atoms with Crippen LogP contribution in [0.15, 0.2) is 0 Å². The summed E-state index contributed by atoms with van der Waals surface area (Å²) in [5, 5.41) is 0. The second-order valence-corrected chi connectivity index (χ2v) is 1.54. The molecule has 0 unspecified atom stereocenters. The Balaban J connectivity index is -0.0000000286. The summed E-state index contributed by atoms with van der Waals surface area (Å²) in [6.45, 7) is 0. The third-order valence-electron chi connectivity index (χ3n) is 0. The van der Waals surface area contributed by atoms with Crippen molar-refractivity contribution >= 4 is 7.82 Å². The predicted molar refractivity (Wildman–Crippen MR) is 16.1 cm³/mol. The molecule has 0 spiro atoms. The second-order valence-electron chi connectivity index (χ2n) is 0.513. The molecule has 3 N–H and O–H groups in total. The Morgan fingerprint density at radius 3 is 1.25 bits per heavy atom. The normalized spacial score (nSPS) is 7.75. The van der Waals surface area contributed by atoms with E-state index in [2.05, 4.69) is 0 Å². The zero-order valence-corrected chi connectivity index (χ0v) is 8.34. The molecule has 0 aliphatic heterocycles. The van der Waals surface area contributed by atoms with E-state index in [0.717, 1.165) is 17.4 Å². The maximum atomic E-state index is 8.88. The molecule has 0 rings (SSSR count). The summed E-state index contributed by atoms with van der Waals surface area (Å²) in [5.41, 5.74) is 0. The standard InChI is InChI=1S/Na.H3O4P.O.V.H/c;1-5(2,3)4;;;/h;(H3,1,2,3,4);;;/q+1;;;;-1. The molecular formula is H4NaO5PV. The molecule has 0 aliphatic rings. The molecule has 0 bridgehead atoms. The van der Waals surface area contributed by atoms with Crippen molar-refractivity contribution in [2.75, 3.05) is 0 Å². The van der Waals surface area contributed by atoms with Crippen LogP contribution in [0.5, 0.6) is 0 Å². The Morgan fingerprint density at radius 2 is 1.25 bits per heavy atom. The van der Waals surface area contributed by atoms with Gasteiger partial charge in [-0.3, -0.25) is 0 Å². The number of hydrogen-bond donors (Lipinski definition) is 3. The van der Waals surface area contributed by atoms with Crippen molar-refractivity contribution in [1.82, 2.24) is 0 Å². The molecule has 0 aromatic heterocycles. The van der Waals surface area contributed by atoms with Gasteiger partial charge in [-0.1, -0.05) is 0 Å². The number of rotatable bonds is 0. The van der Waals surface area contributed by atoms with Gasteiger partial charge >= 0.3 is 58.4 Å². The summed E-state index contributed by atoms with van der Waals surface area (Å²) in [6.07, 6.45) is 0. The van der Waals surface area contributed by atoms with Crippen LogP contribution in [-0.4, -0.2) is 14.7 Å². The number of phosphoric acid groups is 1. The van der Waals surface area contributed by atoms with Crippen molar-refractivity contribution in [3.05, 3.63) is 0 Å². The van der Waals surface area contributed by atoms with Gasteiger partial charge in [0.25, 0.3) is 0 Å². The summed E-state index contributed by atoms with van der Waals surface area (Å²) >= 11 is 1.06. The Labute approximate surface area is 78.7 Å². The fraction of sp³-hybridized carbons (Fsp3) is 0. The molecule has 5 nitrogen and oxygen atoms in total. The first-order valence-corrected chi connectivity index (χ1v) is 3.10. The van der Waals surface area contributed by atoms with Crippen molar-refractivity contribution in [2.24, 2.45) is 0 Å². The molecule has 0 atom stereocenters. The average molecular weight is 189 g/mol. The van der Waals surface area contributed by atoms with Gasteiger partial charge in [0, 0.05) is 0 Å². The van der Waals surface area contributed by atoms with Gasteiger partial charge < -0.3 is 16.1 Å². The van der Waals surface area contributed by atoms with Crippen molar-refractivity contribution in [3.8, 4) is 0 Å². The Bertz CT molecular complexity index is 72.8. The van der Waals surface area contributed by atoms with E-state index in [4.69, 9.17) is 22.9 Å². The van der Waals surface area contributed by atoms with E-state index in [1.165, 1.54) is 0 Å². The van der Waals surface area contributed by atoms with Gasteiger partial charge in [0.15, 0.2) is 0 Å². The second kappa shape index (κ2) is 8.49. The van der Waals surface area contributed by atoms with Gasteiger partial charge in [-0.25, -0.2) is 4.57 Å². The third kappa shape index (κ3) is 142. The van der Waals surface area contributed by atoms with E-state index in [0.29, 0.717) is 0 Å². The van der Waals surface area contributed by atoms with Crippen molar-refractivity contribution in [1.29, 1.82) is 0 Å². The first-order valence-electron chi connectivity index (χ1n) is 0.965. The van der Waals surface area contributed by atoms with E-state index in [1.807, 2.05) is 0 Å². The van der Waals surface area contributed by atoms with E-state index >= 15 is 0 Å². The third-order valence-corrected chi connectivity index (χ3v) is 0. The number of hydrogen-bond acceptors (Lipinski definition) is 2. The summed E-state index contributed by atoms with van der Waals surface area (Å²) in [4.78, 5) is 21.6. The topological polar surface area (TPSA) is 94.8 Å². The van der Waals surface area contributed by atoms with E-state index < -0.39 is 7.82 Å². The monoisotopic (exact) mass is 189 g/mol. The molecule has 0 radical (unpaired) electrons. The zero-order chi connectivity index (χ0) is 6.50. The summed E-state index contributed by atoms with van der Waals surface area (Å²) in [5.74, 6) is 0. The Hall–Kier alpha value is 1.49. The van der Waals surface area contributed by atoms with E-state index in [-0.39, 0.29) is 31.0 Å². The molecule has 0 aliphatic carbocycles. The van der Waals surface area contributed by atoms with Gasteiger partial charge in [0.2, 0.25) is 0 Å². The summed E-state index contributed by atoms with van der Waals surface area (Å²) in [6, 6.07) is 0. The van der Waals surface area contributed by atoms with Gasteiger partial charge in [0.1, 0.15) is 0 Å². The fourth-order valence-corrected chi connectivity index (χ4v) is 0. The molecule has 0 amide bonds. The van der Waals surface area contributed by atoms with Crippen LogP contribution in [0.3, 0.4) is 0 Å².